The van der Waals surface area contributed by atoms with Gasteiger partial charge in [-0.15, -0.1) is 0 Å². The number of carbonyl (C=O) groups excluding carboxylic acids is 2. The smallest absolute Gasteiger partial charge is 0.307 e. The Hall–Kier alpha value is -1.10. The highest BCUT2D eigenvalue weighted by Crippen LogP contribution is 1.98. The highest BCUT2D eigenvalue weighted by molar-refractivity contribution is 5.78. The number of nitrogens with zero attached hydrogens (tertiary/aromatic N) is 2. The molecule has 0 N–H and O–H groups in total. The second-order valence-corrected chi connectivity index (χ2v) is 4.67. The van der Waals surface area contributed by atoms with E-state index in [1.807, 2.05) is 16.8 Å². The van der Waals surface area contributed by atoms with Crippen LogP contribution < -0.4 is 0 Å². The van der Waals surface area contributed by atoms with Crippen molar-refractivity contribution in [1.82, 2.24) is 9.80 Å². The molecule has 0 bridgehead atoms. The van der Waals surface area contributed by atoms with E-state index in [1.165, 1.54) is 0 Å². The van der Waals surface area contributed by atoms with Gasteiger partial charge in [-0.3, -0.25) is 14.5 Å². The highest BCUT2D eigenvalue weighted by atomic mass is 16.5. The summed E-state index contributed by atoms with van der Waals surface area (Å²) in [6.07, 6.45) is 2.27. The lowest BCUT2D eigenvalue weighted by atomic mass is 10.3. The molecule has 0 aliphatic carbocycles. The molecule has 0 atom stereocenters. The predicted molar refractivity (Wildman–Crippen MR) is 75.9 cm³/mol. The van der Waals surface area contributed by atoms with Crippen molar-refractivity contribution in [3.8, 4) is 0 Å². The maximum atomic E-state index is 12.1. The number of hydrogen-bond acceptors (Lipinski definition) is 4. The van der Waals surface area contributed by atoms with Crippen LogP contribution in [0.15, 0.2) is 0 Å². The normalized spacial score (nSPS) is 10.6. The van der Waals surface area contributed by atoms with E-state index in [0.29, 0.717) is 26.1 Å². The average Bonchev–Trinajstić information content (AvgIpc) is 2.36. The summed E-state index contributed by atoms with van der Waals surface area (Å²) >= 11 is 0. The van der Waals surface area contributed by atoms with Crippen LogP contribution in [0.4, 0.5) is 0 Å². The first kappa shape index (κ1) is 17.9. The van der Waals surface area contributed by atoms with Crippen molar-refractivity contribution < 1.29 is 14.3 Å². The molecule has 0 spiro atoms. The summed E-state index contributed by atoms with van der Waals surface area (Å²) in [6, 6.07) is 0. The summed E-state index contributed by atoms with van der Waals surface area (Å²) in [5.74, 6) is -0.0733. The van der Waals surface area contributed by atoms with Crippen LogP contribution in [0.2, 0.25) is 0 Å². The Balaban J connectivity index is 4.04. The van der Waals surface area contributed by atoms with Crippen LogP contribution in [0, 0.1) is 0 Å². The maximum Gasteiger partial charge on any atom is 0.307 e. The van der Waals surface area contributed by atoms with Gasteiger partial charge in [-0.1, -0.05) is 13.8 Å². The van der Waals surface area contributed by atoms with Crippen molar-refractivity contribution in [2.24, 2.45) is 0 Å². The van der Waals surface area contributed by atoms with Crippen LogP contribution in [0.5, 0.6) is 0 Å². The number of hydrogen-bond donors (Lipinski definition) is 0. The molecule has 0 radical (unpaired) electrons. The van der Waals surface area contributed by atoms with Crippen molar-refractivity contribution in [3.63, 3.8) is 0 Å². The molecule has 0 fully saturated rings. The minimum atomic E-state index is -0.208. The Morgan fingerprint density at radius 2 is 1.58 bits per heavy atom. The van der Waals surface area contributed by atoms with Gasteiger partial charge >= 0.3 is 5.97 Å². The molecule has 0 heterocycles. The Bertz CT molecular complexity index is 263. The predicted octanol–water partition coefficient (Wildman–Crippen LogP) is 1.52. The molecule has 19 heavy (non-hydrogen) atoms. The molecule has 0 saturated heterocycles. The molecule has 0 aromatic carbocycles. The molecule has 0 aromatic rings. The summed E-state index contributed by atoms with van der Waals surface area (Å²) in [4.78, 5) is 27.1. The second-order valence-electron chi connectivity index (χ2n) is 4.67. The Kier molecular flexibility index (Phi) is 10.2. The number of esters is 1. The molecule has 5 heteroatoms. The van der Waals surface area contributed by atoms with E-state index < -0.39 is 0 Å². The fourth-order valence-electron chi connectivity index (χ4n) is 1.83. The first-order chi connectivity index (χ1) is 9.04. The molecular weight excluding hydrogens is 244 g/mol. The van der Waals surface area contributed by atoms with E-state index >= 15 is 0 Å². The quantitative estimate of drug-likeness (QED) is 0.566. The third-order valence-electron chi connectivity index (χ3n) is 2.75. The number of ether oxygens (including phenoxy) is 1. The van der Waals surface area contributed by atoms with Crippen LogP contribution in [-0.4, -0.2) is 61.5 Å². The third-order valence-corrected chi connectivity index (χ3v) is 2.75. The molecule has 0 unspecified atom stereocenters. The zero-order chi connectivity index (χ0) is 14.7. The van der Waals surface area contributed by atoms with Gasteiger partial charge in [0.25, 0.3) is 0 Å². The number of likely N-dealkylation sites (N-methyl/N-ethyl adjacent to an activating group) is 1. The van der Waals surface area contributed by atoms with Crippen LogP contribution >= 0.6 is 0 Å². The van der Waals surface area contributed by atoms with Crippen molar-refractivity contribution in [2.45, 2.75) is 40.0 Å². The summed E-state index contributed by atoms with van der Waals surface area (Å²) in [5.41, 5.74) is 0. The van der Waals surface area contributed by atoms with Crippen LogP contribution in [-0.2, 0) is 14.3 Å². The van der Waals surface area contributed by atoms with Gasteiger partial charge in [0.05, 0.1) is 19.6 Å². The van der Waals surface area contributed by atoms with Gasteiger partial charge in [-0.2, -0.15) is 0 Å². The molecule has 0 aromatic heterocycles. The van der Waals surface area contributed by atoms with Crippen molar-refractivity contribution in [1.29, 1.82) is 0 Å². The summed E-state index contributed by atoms with van der Waals surface area (Å²) in [6.45, 7) is 8.86. The molecule has 1 amide bonds. The number of amides is 1. The van der Waals surface area contributed by atoms with E-state index in [4.69, 9.17) is 4.74 Å². The van der Waals surface area contributed by atoms with Gasteiger partial charge in [0.1, 0.15) is 0 Å². The molecule has 0 rings (SSSR count). The second kappa shape index (κ2) is 10.8. The van der Waals surface area contributed by atoms with E-state index in [9.17, 15) is 9.59 Å². The Morgan fingerprint density at radius 3 is 2.05 bits per heavy atom. The van der Waals surface area contributed by atoms with Gasteiger partial charge in [0.15, 0.2) is 0 Å². The largest absolute Gasteiger partial charge is 0.466 e. The first-order valence-corrected chi connectivity index (χ1v) is 7.17. The van der Waals surface area contributed by atoms with Crippen LogP contribution in [0.3, 0.4) is 0 Å². The molecule has 0 saturated carbocycles. The average molecular weight is 272 g/mol. The SMILES string of the molecule is CCCN(CCC)C(=O)CN(C)CCC(=O)OCC. The van der Waals surface area contributed by atoms with Gasteiger partial charge in [0.2, 0.25) is 5.91 Å². The van der Waals surface area contributed by atoms with Gasteiger partial charge < -0.3 is 9.64 Å². The summed E-state index contributed by atoms with van der Waals surface area (Å²) in [7, 11) is 1.85. The lowest BCUT2D eigenvalue weighted by Crippen LogP contribution is -2.40. The molecule has 5 nitrogen and oxygen atoms in total. The Labute approximate surface area is 116 Å². The van der Waals surface area contributed by atoms with Gasteiger partial charge in [-0.05, 0) is 26.8 Å². The number of rotatable bonds is 10. The maximum absolute atomic E-state index is 12.1. The summed E-state index contributed by atoms with van der Waals surface area (Å²) < 4.78 is 4.86. The van der Waals surface area contributed by atoms with Gasteiger partial charge in [-0.25, -0.2) is 0 Å². The van der Waals surface area contributed by atoms with E-state index in [2.05, 4.69) is 13.8 Å². The summed E-state index contributed by atoms with van der Waals surface area (Å²) in [5, 5.41) is 0. The van der Waals surface area contributed by atoms with Crippen molar-refractivity contribution >= 4 is 11.9 Å². The monoisotopic (exact) mass is 272 g/mol. The molecule has 112 valence electrons. The zero-order valence-corrected chi connectivity index (χ0v) is 12.8. The molecular formula is C14H28N2O3. The fraction of sp³-hybridized carbons (Fsp3) is 0.857. The highest BCUT2D eigenvalue weighted by Gasteiger charge is 2.14. The molecule has 0 aliphatic heterocycles. The fourth-order valence-corrected chi connectivity index (χ4v) is 1.83. The van der Waals surface area contributed by atoms with E-state index in [-0.39, 0.29) is 11.9 Å². The topological polar surface area (TPSA) is 49.9 Å². The Morgan fingerprint density at radius 1 is 1.00 bits per heavy atom. The first-order valence-electron chi connectivity index (χ1n) is 7.17. The minimum absolute atomic E-state index is 0.134. The standard InChI is InChI=1S/C14H28N2O3/c1-5-9-16(10-6-2)13(17)12-15(4)11-8-14(18)19-7-3/h5-12H2,1-4H3. The number of carbonyl (C=O) groups is 2. The zero-order valence-electron chi connectivity index (χ0n) is 12.8. The molecule has 0 aliphatic rings. The van der Waals surface area contributed by atoms with Crippen molar-refractivity contribution in [2.75, 3.05) is 39.8 Å². The van der Waals surface area contributed by atoms with Crippen molar-refractivity contribution in [3.05, 3.63) is 0 Å². The van der Waals surface area contributed by atoms with Crippen LogP contribution in [0.1, 0.15) is 40.0 Å². The minimum Gasteiger partial charge on any atom is -0.466 e. The lowest BCUT2D eigenvalue weighted by molar-refractivity contribution is -0.144. The van der Waals surface area contributed by atoms with E-state index in [0.717, 1.165) is 25.9 Å². The lowest BCUT2D eigenvalue weighted by Gasteiger charge is -2.24. The third kappa shape index (κ3) is 8.59. The van der Waals surface area contributed by atoms with Crippen LogP contribution in [0.25, 0.3) is 0 Å². The van der Waals surface area contributed by atoms with Gasteiger partial charge in [0, 0.05) is 19.6 Å². The van der Waals surface area contributed by atoms with E-state index in [1.54, 1.807) is 6.92 Å².